The van der Waals surface area contributed by atoms with E-state index in [0.29, 0.717) is 11.3 Å². The van der Waals surface area contributed by atoms with Gasteiger partial charge in [0.15, 0.2) is 0 Å². The van der Waals surface area contributed by atoms with Crippen LogP contribution in [0.4, 0.5) is 11.4 Å². The first-order chi connectivity index (χ1) is 10.5. The van der Waals surface area contributed by atoms with Crippen molar-refractivity contribution in [3.63, 3.8) is 0 Å². The molecule has 0 saturated heterocycles. The van der Waals surface area contributed by atoms with Crippen LogP contribution in [0.1, 0.15) is 16.7 Å². The maximum Gasteiger partial charge on any atom is 0.243 e. The summed E-state index contributed by atoms with van der Waals surface area (Å²) in [5, 5.41) is 11.6. The standard InChI is InChI=1S/C18H19N3O/c1-13-8-14(2)10-17(9-13)21(3)12-18(22)20-16-6-4-15(11-19)5-7-16/h4-10H,12H2,1-3H3,(H,20,22). The third kappa shape index (κ3) is 4.10. The van der Waals surface area contributed by atoms with Crippen molar-refractivity contribution in [2.75, 3.05) is 23.8 Å². The van der Waals surface area contributed by atoms with E-state index in [1.165, 1.54) is 11.1 Å². The van der Waals surface area contributed by atoms with E-state index in [2.05, 4.69) is 29.6 Å². The summed E-state index contributed by atoms with van der Waals surface area (Å²) < 4.78 is 0. The summed E-state index contributed by atoms with van der Waals surface area (Å²) in [6.45, 7) is 4.35. The van der Waals surface area contributed by atoms with Gasteiger partial charge in [0.1, 0.15) is 0 Å². The Bertz CT molecular complexity index is 694. The molecular weight excluding hydrogens is 274 g/mol. The fraction of sp³-hybridized carbons (Fsp3) is 0.222. The first kappa shape index (κ1) is 15.6. The molecule has 112 valence electrons. The Labute approximate surface area is 131 Å². The second-order valence-corrected chi connectivity index (χ2v) is 5.44. The van der Waals surface area contributed by atoms with Crippen molar-refractivity contribution in [1.29, 1.82) is 5.26 Å². The number of carbonyl (C=O) groups is 1. The molecule has 0 aliphatic heterocycles. The van der Waals surface area contributed by atoms with E-state index in [-0.39, 0.29) is 12.5 Å². The summed E-state index contributed by atoms with van der Waals surface area (Å²) in [7, 11) is 1.90. The molecule has 0 heterocycles. The van der Waals surface area contributed by atoms with Gasteiger partial charge in [-0.25, -0.2) is 0 Å². The van der Waals surface area contributed by atoms with Crippen LogP contribution in [0.3, 0.4) is 0 Å². The van der Waals surface area contributed by atoms with Crippen LogP contribution >= 0.6 is 0 Å². The second kappa shape index (κ2) is 6.77. The Morgan fingerprint density at radius 1 is 1.14 bits per heavy atom. The lowest BCUT2D eigenvalue weighted by atomic mass is 10.1. The number of nitrogens with one attached hydrogen (secondary N) is 1. The molecule has 0 fully saturated rings. The molecule has 0 bridgehead atoms. The van der Waals surface area contributed by atoms with Crippen LogP contribution < -0.4 is 10.2 Å². The first-order valence-electron chi connectivity index (χ1n) is 7.07. The first-order valence-corrected chi connectivity index (χ1v) is 7.07. The lowest BCUT2D eigenvalue weighted by molar-refractivity contribution is -0.114. The van der Waals surface area contributed by atoms with Crippen LogP contribution in [-0.4, -0.2) is 19.5 Å². The molecule has 0 aromatic heterocycles. The van der Waals surface area contributed by atoms with Crippen molar-refractivity contribution in [1.82, 2.24) is 0 Å². The molecule has 0 spiro atoms. The Hall–Kier alpha value is -2.80. The van der Waals surface area contributed by atoms with Crippen molar-refractivity contribution in [2.45, 2.75) is 13.8 Å². The van der Waals surface area contributed by atoms with Gasteiger partial charge in [-0.1, -0.05) is 6.07 Å². The van der Waals surface area contributed by atoms with Gasteiger partial charge in [0, 0.05) is 18.4 Å². The number of rotatable bonds is 4. The molecule has 2 aromatic rings. The van der Waals surface area contributed by atoms with E-state index in [1.54, 1.807) is 24.3 Å². The van der Waals surface area contributed by atoms with Crippen molar-refractivity contribution in [3.8, 4) is 6.07 Å². The fourth-order valence-corrected chi connectivity index (χ4v) is 2.31. The van der Waals surface area contributed by atoms with Gasteiger partial charge in [-0.2, -0.15) is 5.26 Å². The SMILES string of the molecule is Cc1cc(C)cc(N(C)CC(=O)Nc2ccc(C#N)cc2)c1. The average Bonchev–Trinajstić information content (AvgIpc) is 2.47. The molecule has 2 aromatic carbocycles. The quantitative estimate of drug-likeness (QED) is 0.941. The van der Waals surface area contributed by atoms with Gasteiger partial charge in [-0.3, -0.25) is 4.79 Å². The molecule has 0 aliphatic rings. The van der Waals surface area contributed by atoms with Gasteiger partial charge < -0.3 is 10.2 Å². The molecule has 0 radical (unpaired) electrons. The Morgan fingerprint density at radius 3 is 2.27 bits per heavy atom. The maximum atomic E-state index is 12.1. The van der Waals surface area contributed by atoms with E-state index in [1.807, 2.05) is 25.8 Å². The fourth-order valence-electron chi connectivity index (χ4n) is 2.31. The summed E-state index contributed by atoms with van der Waals surface area (Å²) in [5.41, 5.74) is 4.64. The summed E-state index contributed by atoms with van der Waals surface area (Å²) in [6, 6.07) is 15.1. The summed E-state index contributed by atoms with van der Waals surface area (Å²) in [5.74, 6) is -0.0913. The van der Waals surface area contributed by atoms with Crippen LogP contribution in [0, 0.1) is 25.2 Å². The van der Waals surface area contributed by atoms with E-state index < -0.39 is 0 Å². The van der Waals surface area contributed by atoms with Crippen molar-refractivity contribution < 1.29 is 4.79 Å². The number of anilines is 2. The van der Waals surface area contributed by atoms with Gasteiger partial charge >= 0.3 is 0 Å². The minimum atomic E-state index is -0.0913. The number of carbonyl (C=O) groups excluding carboxylic acids is 1. The molecule has 22 heavy (non-hydrogen) atoms. The van der Waals surface area contributed by atoms with E-state index in [0.717, 1.165) is 5.69 Å². The zero-order valence-corrected chi connectivity index (χ0v) is 13.1. The monoisotopic (exact) mass is 293 g/mol. The number of amides is 1. The zero-order chi connectivity index (χ0) is 16.1. The summed E-state index contributed by atoms with van der Waals surface area (Å²) in [6.07, 6.45) is 0. The highest BCUT2D eigenvalue weighted by Crippen LogP contribution is 2.17. The van der Waals surface area contributed by atoms with Gasteiger partial charge in [-0.15, -0.1) is 0 Å². The van der Waals surface area contributed by atoms with Crippen LogP contribution in [-0.2, 0) is 4.79 Å². The predicted octanol–water partition coefficient (Wildman–Crippen LogP) is 3.25. The molecule has 1 N–H and O–H groups in total. The number of likely N-dealkylation sites (N-methyl/N-ethyl adjacent to an activating group) is 1. The average molecular weight is 293 g/mol. The third-order valence-electron chi connectivity index (χ3n) is 3.33. The molecular formula is C18H19N3O. The number of hydrogen-bond acceptors (Lipinski definition) is 3. The van der Waals surface area contributed by atoms with E-state index in [9.17, 15) is 4.79 Å². The maximum absolute atomic E-state index is 12.1. The smallest absolute Gasteiger partial charge is 0.243 e. The number of nitriles is 1. The van der Waals surface area contributed by atoms with Gasteiger partial charge in [0.2, 0.25) is 5.91 Å². The van der Waals surface area contributed by atoms with Crippen molar-refractivity contribution >= 4 is 17.3 Å². The molecule has 1 amide bonds. The van der Waals surface area contributed by atoms with Gasteiger partial charge in [0.05, 0.1) is 18.2 Å². The molecule has 0 aliphatic carbocycles. The van der Waals surface area contributed by atoms with Crippen LogP contribution in [0.2, 0.25) is 0 Å². The number of hydrogen-bond donors (Lipinski definition) is 1. The lowest BCUT2D eigenvalue weighted by Crippen LogP contribution is -2.30. The second-order valence-electron chi connectivity index (χ2n) is 5.44. The van der Waals surface area contributed by atoms with Crippen molar-refractivity contribution in [2.24, 2.45) is 0 Å². The van der Waals surface area contributed by atoms with Crippen molar-refractivity contribution in [3.05, 3.63) is 59.2 Å². The van der Waals surface area contributed by atoms with Gasteiger partial charge in [0.25, 0.3) is 0 Å². The third-order valence-corrected chi connectivity index (χ3v) is 3.33. The minimum Gasteiger partial charge on any atom is -0.365 e. The highest BCUT2D eigenvalue weighted by atomic mass is 16.2. The molecule has 4 heteroatoms. The zero-order valence-electron chi connectivity index (χ0n) is 13.1. The Kier molecular flexibility index (Phi) is 4.80. The molecule has 0 unspecified atom stereocenters. The normalized spacial score (nSPS) is 9.91. The largest absolute Gasteiger partial charge is 0.365 e. The van der Waals surface area contributed by atoms with Crippen LogP contribution in [0.25, 0.3) is 0 Å². The number of nitrogens with zero attached hydrogens (tertiary/aromatic N) is 2. The highest BCUT2D eigenvalue weighted by Gasteiger charge is 2.08. The van der Waals surface area contributed by atoms with Crippen LogP contribution in [0.5, 0.6) is 0 Å². The van der Waals surface area contributed by atoms with E-state index in [4.69, 9.17) is 5.26 Å². The molecule has 0 atom stereocenters. The molecule has 2 rings (SSSR count). The van der Waals surface area contributed by atoms with Gasteiger partial charge in [-0.05, 0) is 61.4 Å². The van der Waals surface area contributed by atoms with Crippen LogP contribution in [0.15, 0.2) is 42.5 Å². The minimum absolute atomic E-state index is 0.0913. The lowest BCUT2D eigenvalue weighted by Gasteiger charge is -2.20. The number of benzene rings is 2. The number of aryl methyl sites for hydroxylation is 2. The Balaban J connectivity index is 2.00. The molecule has 4 nitrogen and oxygen atoms in total. The predicted molar refractivity (Wildman–Crippen MR) is 89.0 cm³/mol. The topological polar surface area (TPSA) is 56.1 Å². The van der Waals surface area contributed by atoms with E-state index >= 15 is 0 Å². The Morgan fingerprint density at radius 2 is 1.73 bits per heavy atom. The molecule has 0 saturated carbocycles. The summed E-state index contributed by atoms with van der Waals surface area (Å²) >= 11 is 0. The summed E-state index contributed by atoms with van der Waals surface area (Å²) in [4.78, 5) is 14.0. The highest BCUT2D eigenvalue weighted by molar-refractivity contribution is 5.94.